The second-order valence-electron chi connectivity index (χ2n) is 5.68. The van der Waals surface area contributed by atoms with Crippen LogP contribution < -0.4 is 4.74 Å². The van der Waals surface area contributed by atoms with Crippen LogP contribution in [0.2, 0.25) is 0 Å². The number of aromatic amines is 1. The number of rotatable bonds is 4. The molecule has 6 heteroatoms. The van der Waals surface area contributed by atoms with Crippen molar-refractivity contribution in [1.82, 2.24) is 15.1 Å². The Morgan fingerprint density at radius 1 is 1.48 bits per heavy atom. The molecule has 1 fully saturated rings. The Morgan fingerprint density at radius 3 is 3.09 bits per heavy atom. The highest BCUT2D eigenvalue weighted by Gasteiger charge is 2.29. The predicted octanol–water partition coefficient (Wildman–Crippen LogP) is 1.87. The van der Waals surface area contributed by atoms with Gasteiger partial charge in [0.1, 0.15) is 5.75 Å². The van der Waals surface area contributed by atoms with Gasteiger partial charge in [-0.25, -0.2) is 0 Å². The summed E-state index contributed by atoms with van der Waals surface area (Å²) in [5.41, 5.74) is 2.92. The first-order valence-corrected chi connectivity index (χ1v) is 7.69. The molecule has 2 aromatic rings. The van der Waals surface area contributed by atoms with E-state index in [9.17, 15) is 4.79 Å². The lowest BCUT2D eigenvalue weighted by Gasteiger charge is -2.35. The lowest BCUT2D eigenvalue weighted by molar-refractivity contribution is -0.139. The Kier molecular flexibility index (Phi) is 4.62. The van der Waals surface area contributed by atoms with Crippen molar-refractivity contribution >= 4 is 5.91 Å². The van der Waals surface area contributed by atoms with E-state index >= 15 is 0 Å². The van der Waals surface area contributed by atoms with E-state index < -0.39 is 0 Å². The van der Waals surface area contributed by atoms with E-state index in [4.69, 9.17) is 9.47 Å². The average molecular weight is 315 g/mol. The smallest absolute Gasteiger partial charge is 0.227 e. The lowest BCUT2D eigenvalue weighted by Crippen LogP contribution is -2.44. The summed E-state index contributed by atoms with van der Waals surface area (Å²) < 4.78 is 10.9. The summed E-state index contributed by atoms with van der Waals surface area (Å²) >= 11 is 0. The van der Waals surface area contributed by atoms with Crippen LogP contribution in [-0.2, 0) is 16.0 Å². The van der Waals surface area contributed by atoms with Gasteiger partial charge in [0, 0.05) is 18.3 Å². The van der Waals surface area contributed by atoms with Gasteiger partial charge in [0.2, 0.25) is 5.91 Å². The molecule has 1 aliphatic heterocycles. The molecule has 1 saturated heterocycles. The van der Waals surface area contributed by atoms with Crippen LogP contribution in [0.3, 0.4) is 0 Å². The molecule has 23 heavy (non-hydrogen) atoms. The zero-order chi connectivity index (χ0) is 16.2. The topological polar surface area (TPSA) is 67.4 Å². The van der Waals surface area contributed by atoms with Crippen molar-refractivity contribution in [3.63, 3.8) is 0 Å². The average Bonchev–Trinajstić information content (AvgIpc) is 3.09. The predicted molar refractivity (Wildman–Crippen MR) is 85.3 cm³/mol. The van der Waals surface area contributed by atoms with Crippen molar-refractivity contribution < 1.29 is 14.3 Å². The number of carbonyl (C=O) groups is 1. The Bertz CT molecular complexity index is 670. The van der Waals surface area contributed by atoms with Gasteiger partial charge in [0.25, 0.3) is 0 Å². The SMILES string of the molecule is COc1ccc(C)cc1CC(=O)N1CCOC[C@H]1c1ccn[nH]1. The van der Waals surface area contributed by atoms with E-state index in [1.165, 1.54) is 0 Å². The highest BCUT2D eigenvalue weighted by Crippen LogP contribution is 2.26. The lowest BCUT2D eigenvalue weighted by atomic mass is 10.0. The zero-order valence-corrected chi connectivity index (χ0v) is 13.4. The summed E-state index contributed by atoms with van der Waals surface area (Å²) in [6.07, 6.45) is 2.01. The molecule has 0 spiro atoms. The first kappa shape index (κ1) is 15.6. The van der Waals surface area contributed by atoms with Gasteiger partial charge in [-0.2, -0.15) is 5.10 Å². The molecule has 3 rings (SSSR count). The maximum Gasteiger partial charge on any atom is 0.227 e. The number of aromatic nitrogens is 2. The molecule has 6 nitrogen and oxygen atoms in total. The number of aryl methyl sites for hydroxylation is 1. The van der Waals surface area contributed by atoms with E-state index in [-0.39, 0.29) is 11.9 Å². The number of carbonyl (C=O) groups excluding carboxylic acids is 1. The number of amides is 1. The molecule has 0 unspecified atom stereocenters. The van der Waals surface area contributed by atoms with Gasteiger partial charge in [-0.3, -0.25) is 9.89 Å². The number of nitrogens with one attached hydrogen (secondary N) is 1. The first-order chi connectivity index (χ1) is 11.2. The quantitative estimate of drug-likeness (QED) is 0.935. The Balaban J connectivity index is 1.80. The minimum Gasteiger partial charge on any atom is -0.496 e. The number of benzene rings is 1. The van der Waals surface area contributed by atoms with Crippen LogP contribution in [0.4, 0.5) is 0 Å². The number of ether oxygens (including phenoxy) is 2. The van der Waals surface area contributed by atoms with Crippen LogP contribution in [-0.4, -0.2) is 47.9 Å². The molecule has 1 aliphatic rings. The summed E-state index contributed by atoms with van der Waals surface area (Å²) in [7, 11) is 1.63. The van der Waals surface area contributed by atoms with Gasteiger partial charge < -0.3 is 14.4 Å². The number of H-pyrrole nitrogens is 1. The summed E-state index contributed by atoms with van der Waals surface area (Å²) in [6, 6.07) is 7.66. The van der Waals surface area contributed by atoms with Gasteiger partial charge in [-0.15, -0.1) is 0 Å². The van der Waals surface area contributed by atoms with Crippen LogP contribution in [0, 0.1) is 6.92 Å². The minimum atomic E-state index is -0.116. The standard InChI is InChI=1S/C17H21N3O3/c1-12-3-4-16(22-2)13(9-12)10-17(21)20-7-8-23-11-15(20)14-5-6-18-19-14/h3-6,9,15H,7-8,10-11H2,1-2H3,(H,18,19)/t15-/m0/s1. The van der Waals surface area contributed by atoms with Crippen molar-refractivity contribution in [3.8, 4) is 5.75 Å². The van der Waals surface area contributed by atoms with Crippen LogP contribution in [0.5, 0.6) is 5.75 Å². The summed E-state index contributed by atoms with van der Waals surface area (Å²) in [5, 5.41) is 6.91. The van der Waals surface area contributed by atoms with E-state index in [2.05, 4.69) is 10.2 Å². The largest absolute Gasteiger partial charge is 0.496 e. The van der Waals surface area contributed by atoms with Crippen LogP contribution >= 0.6 is 0 Å². The molecular formula is C17H21N3O3. The van der Waals surface area contributed by atoms with Gasteiger partial charge in [-0.1, -0.05) is 17.7 Å². The second kappa shape index (κ2) is 6.83. The monoisotopic (exact) mass is 315 g/mol. The molecular weight excluding hydrogens is 294 g/mol. The molecule has 1 aromatic heterocycles. The normalized spacial score (nSPS) is 18.0. The van der Waals surface area contributed by atoms with Crippen molar-refractivity contribution in [3.05, 3.63) is 47.3 Å². The highest BCUT2D eigenvalue weighted by atomic mass is 16.5. The summed E-state index contributed by atoms with van der Waals surface area (Å²) in [5.74, 6) is 0.812. The van der Waals surface area contributed by atoms with Crippen molar-refractivity contribution in [2.24, 2.45) is 0 Å². The molecule has 0 saturated carbocycles. The van der Waals surface area contributed by atoms with Crippen LogP contribution in [0.25, 0.3) is 0 Å². The Hall–Kier alpha value is -2.34. The van der Waals surface area contributed by atoms with Crippen molar-refractivity contribution in [2.45, 2.75) is 19.4 Å². The molecule has 1 amide bonds. The van der Waals surface area contributed by atoms with Crippen molar-refractivity contribution in [1.29, 1.82) is 0 Å². The van der Waals surface area contributed by atoms with Crippen molar-refractivity contribution in [2.75, 3.05) is 26.9 Å². The minimum absolute atomic E-state index is 0.0665. The molecule has 2 heterocycles. The number of hydrogen-bond donors (Lipinski definition) is 1. The molecule has 1 atom stereocenters. The fraction of sp³-hybridized carbons (Fsp3) is 0.412. The van der Waals surface area contributed by atoms with Gasteiger partial charge >= 0.3 is 0 Å². The van der Waals surface area contributed by atoms with Crippen LogP contribution in [0.15, 0.2) is 30.5 Å². The van der Waals surface area contributed by atoms with E-state index in [0.29, 0.717) is 26.2 Å². The molecule has 122 valence electrons. The zero-order valence-electron chi connectivity index (χ0n) is 13.4. The second-order valence-corrected chi connectivity index (χ2v) is 5.68. The fourth-order valence-corrected chi connectivity index (χ4v) is 2.92. The Labute approximate surface area is 135 Å². The number of morpholine rings is 1. The number of methoxy groups -OCH3 is 1. The van der Waals surface area contributed by atoms with E-state index in [1.54, 1.807) is 13.3 Å². The molecule has 1 aromatic carbocycles. The number of hydrogen-bond acceptors (Lipinski definition) is 4. The maximum atomic E-state index is 12.8. The molecule has 1 N–H and O–H groups in total. The third-order valence-electron chi connectivity index (χ3n) is 4.11. The Morgan fingerprint density at radius 2 is 2.35 bits per heavy atom. The highest BCUT2D eigenvalue weighted by molar-refractivity contribution is 5.80. The third kappa shape index (κ3) is 3.37. The molecule has 0 aliphatic carbocycles. The molecule has 0 bridgehead atoms. The van der Waals surface area contributed by atoms with Gasteiger partial charge in [-0.05, 0) is 19.1 Å². The molecule has 0 radical (unpaired) electrons. The van der Waals surface area contributed by atoms with Gasteiger partial charge in [0.15, 0.2) is 0 Å². The summed E-state index contributed by atoms with van der Waals surface area (Å²) in [4.78, 5) is 14.7. The summed E-state index contributed by atoms with van der Waals surface area (Å²) in [6.45, 7) is 3.63. The van der Waals surface area contributed by atoms with Gasteiger partial charge in [0.05, 0.1) is 38.5 Å². The third-order valence-corrected chi connectivity index (χ3v) is 4.11. The van der Waals surface area contributed by atoms with E-state index in [0.717, 1.165) is 22.6 Å². The maximum absolute atomic E-state index is 12.8. The number of nitrogens with zero attached hydrogens (tertiary/aromatic N) is 2. The van der Waals surface area contributed by atoms with Crippen LogP contribution in [0.1, 0.15) is 22.9 Å². The first-order valence-electron chi connectivity index (χ1n) is 7.69. The fourth-order valence-electron chi connectivity index (χ4n) is 2.92. The van der Waals surface area contributed by atoms with E-state index in [1.807, 2.05) is 36.1 Å².